The molecule has 3 aromatic carbocycles. The maximum absolute atomic E-state index is 12.9. The Balaban J connectivity index is 0.757. The van der Waals surface area contributed by atoms with E-state index >= 15 is 0 Å². The molecule has 2 saturated heterocycles. The number of anilines is 4. The fraction of sp³-hybridized carbons (Fsp3) is 0.341. The van der Waals surface area contributed by atoms with E-state index in [4.69, 9.17) is 17.3 Å². The number of primary amides is 1. The van der Waals surface area contributed by atoms with E-state index in [0.717, 1.165) is 55.6 Å². The Labute approximate surface area is 353 Å². The molecule has 1 atom stereocenters. The highest BCUT2D eigenvalue weighted by atomic mass is 35.5. The number of benzene rings is 3. The lowest BCUT2D eigenvalue weighted by atomic mass is 9.89. The second-order valence-electron chi connectivity index (χ2n) is 14.9. The van der Waals surface area contributed by atoms with Crippen molar-refractivity contribution in [3.8, 4) is 11.8 Å². The molecule has 2 fully saturated rings. The Morgan fingerprint density at radius 2 is 1.72 bits per heavy atom. The summed E-state index contributed by atoms with van der Waals surface area (Å²) in [6.45, 7) is 3.91. The molecule has 3 aliphatic heterocycles. The fourth-order valence-electron chi connectivity index (χ4n) is 7.60. The van der Waals surface area contributed by atoms with Crippen molar-refractivity contribution in [2.24, 2.45) is 5.73 Å². The number of nitrogens with one attached hydrogen (secondary N) is 5. The molecule has 1 aromatic heterocycles. The van der Waals surface area contributed by atoms with Gasteiger partial charge in [0.1, 0.15) is 11.1 Å². The van der Waals surface area contributed by atoms with Gasteiger partial charge in [-0.1, -0.05) is 47.7 Å². The number of unbranched alkanes of at least 4 members (excludes halogenated alkanes) is 1. The lowest BCUT2D eigenvalue weighted by Gasteiger charge is -2.32. The zero-order chi connectivity index (χ0) is 42.0. The SMILES string of the molecule is NC(=O)c1ccccc1Nc1nc(Nc2ccc(C3CCN(C(=O)NCCCNCCCC#Cc4ccc5c(c4)CN(C4CCC(=O)NC4=O)C5=O)CC3)cc2)ncc1Cl. The average Bonchev–Trinajstić information content (AvgIpc) is 3.57. The summed E-state index contributed by atoms with van der Waals surface area (Å²) in [5.74, 6) is 5.93. The van der Waals surface area contributed by atoms with Crippen molar-refractivity contribution >= 4 is 64.4 Å². The zero-order valence-electron chi connectivity index (χ0n) is 33.1. The van der Waals surface area contributed by atoms with Crippen LogP contribution in [0.15, 0.2) is 72.9 Å². The molecule has 60 heavy (non-hydrogen) atoms. The number of imide groups is 1. The minimum absolute atomic E-state index is 0.0298. The van der Waals surface area contributed by atoms with E-state index in [1.165, 1.54) is 11.8 Å². The van der Waals surface area contributed by atoms with Gasteiger partial charge in [0.05, 0.1) is 17.4 Å². The molecule has 0 spiro atoms. The molecule has 7 N–H and O–H groups in total. The van der Waals surface area contributed by atoms with Gasteiger partial charge >= 0.3 is 6.03 Å². The number of fused-ring (bicyclic) bond motifs is 1. The van der Waals surface area contributed by atoms with Gasteiger partial charge in [-0.05, 0) is 105 Å². The first-order chi connectivity index (χ1) is 29.1. The van der Waals surface area contributed by atoms with Gasteiger partial charge in [-0.3, -0.25) is 24.5 Å². The monoisotopic (exact) mass is 830 g/mol. The van der Waals surface area contributed by atoms with Crippen molar-refractivity contribution < 1.29 is 24.0 Å². The van der Waals surface area contributed by atoms with Gasteiger partial charge in [0.25, 0.3) is 11.8 Å². The first kappa shape index (κ1) is 41.7. The summed E-state index contributed by atoms with van der Waals surface area (Å²) in [5, 5.41) is 15.4. The normalized spacial score (nSPS) is 16.4. The fourth-order valence-corrected chi connectivity index (χ4v) is 7.74. The largest absolute Gasteiger partial charge is 0.366 e. The minimum Gasteiger partial charge on any atom is -0.366 e. The number of urea groups is 1. The smallest absolute Gasteiger partial charge is 0.317 e. The first-order valence-electron chi connectivity index (χ1n) is 20.2. The van der Waals surface area contributed by atoms with Gasteiger partial charge < -0.3 is 36.8 Å². The first-order valence-corrected chi connectivity index (χ1v) is 20.6. The number of hydrogen-bond acceptors (Lipinski definition) is 10. The van der Waals surface area contributed by atoms with Crippen LogP contribution in [0, 0.1) is 11.8 Å². The maximum Gasteiger partial charge on any atom is 0.317 e. The van der Waals surface area contributed by atoms with E-state index in [2.05, 4.69) is 60.5 Å². The summed E-state index contributed by atoms with van der Waals surface area (Å²) in [5.41, 5.74) is 10.6. The molecule has 310 valence electrons. The van der Waals surface area contributed by atoms with Crippen LogP contribution in [0.5, 0.6) is 0 Å². The molecule has 4 heterocycles. The van der Waals surface area contributed by atoms with Crippen molar-refractivity contribution in [1.29, 1.82) is 0 Å². The lowest BCUT2D eigenvalue weighted by molar-refractivity contribution is -0.136. The van der Waals surface area contributed by atoms with Crippen LogP contribution in [-0.4, -0.2) is 88.2 Å². The van der Waals surface area contributed by atoms with Crippen LogP contribution in [0.3, 0.4) is 0 Å². The highest BCUT2D eigenvalue weighted by Gasteiger charge is 2.39. The molecule has 4 aromatic rings. The molecule has 0 bridgehead atoms. The summed E-state index contributed by atoms with van der Waals surface area (Å²) < 4.78 is 0. The van der Waals surface area contributed by atoms with Gasteiger partial charge in [0, 0.05) is 55.8 Å². The van der Waals surface area contributed by atoms with Crippen LogP contribution < -0.4 is 32.3 Å². The number of carbonyl (C=O) groups is 5. The molecular formula is C44H47ClN10O5. The lowest BCUT2D eigenvalue weighted by Crippen LogP contribution is -2.52. The Hall–Kier alpha value is -6.50. The van der Waals surface area contributed by atoms with Gasteiger partial charge in [0.15, 0.2) is 5.82 Å². The number of amides is 6. The van der Waals surface area contributed by atoms with E-state index in [-0.39, 0.29) is 29.3 Å². The molecule has 7 rings (SSSR count). The van der Waals surface area contributed by atoms with Crippen molar-refractivity contribution in [3.05, 3.63) is 106 Å². The molecule has 3 aliphatic rings. The van der Waals surface area contributed by atoms with Crippen LogP contribution in [-0.2, 0) is 16.1 Å². The molecule has 0 radical (unpaired) electrons. The standard InChI is InChI=1S/C44H47ClN10O5/c45-35-26-49-43(53-40(35)51-36-9-4-3-8-34(36)39(46)57)50-32-13-11-29(12-14-32)30-18-23-54(24-19-30)44(60)48-22-6-21-47-20-5-1-2-7-28-10-15-33-31(25-28)27-55(42(33)59)37-16-17-38(56)52-41(37)58/h3-4,8-15,25-26,30,37,47H,1,5-6,16-24,27H2,(H2,46,57)(H,48,60)(H,52,56,58)(H2,49,50,51,53). The number of para-hydroxylation sites is 1. The number of nitrogens with zero attached hydrogens (tertiary/aromatic N) is 4. The van der Waals surface area contributed by atoms with E-state index in [9.17, 15) is 24.0 Å². The third-order valence-electron chi connectivity index (χ3n) is 10.8. The molecule has 0 aliphatic carbocycles. The highest BCUT2D eigenvalue weighted by molar-refractivity contribution is 6.33. The van der Waals surface area contributed by atoms with Crippen LogP contribution in [0.25, 0.3) is 0 Å². The van der Waals surface area contributed by atoms with E-state index < -0.39 is 17.9 Å². The Morgan fingerprint density at radius 1 is 0.933 bits per heavy atom. The topological polar surface area (TPSA) is 204 Å². The van der Waals surface area contributed by atoms with Crippen LogP contribution in [0.2, 0.25) is 5.02 Å². The van der Waals surface area contributed by atoms with Crippen molar-refractivity contribution in [2.75, 3.05) is 43.4 Å². The predicted molar refractivity (Wildman–Crippen MR) is 228 cm³/mol. The second-order valence-corrected chi connectivity index (χ2v) is 15.4. The molecule has 6 amide bonds. The van der Waals surface area contributed by atoms with Crippen LogP contribution >= 0.6 is 11.6 Å². The number of piperidine rings is 2. The van der Waals surface area contributed by atoms with Gasteiger partial charge in [-0.2, -0.15) is 4.98 Å². The number of rotatable bonds is 14. The van der Waals surface area contributed by atoms with Gasteiger partial charge in [-0.15, -0.1) is 0 Å². The van der Waals surface area contributed by atoms with Crippen molar-refractivity contribution in [3.63, 3.8) is 0 Å². The summed E-state index contributed by atoms with van der Waals surface area (Å²) in [6, 6.07) is 19.8. The number of aromatic nitrogens is 2. The predicted octanol–water partition coefficient (Wildman–Crippen LogP) is 5.18. The van der Waals surface area contributed by atoms with E-state index in [0.29, 0.717) is 73.5 Å². The summed E-state index contributed by atoms with van der Waals surface area (Å²) in [7, 11) is 0. The zero-order valence-corrected chi connectivity index (χ0v) is 33.8. The number of carbonyl (C=O) groups excluding carboxylic acids is 5. The summed E-state index contributed by atoms with van der Waals surface area (Å²) in [4.78, 5) is 73.6. The van der Waals surface area contributed by atoms with E-state index in [1.807, 2.05) is 29.2 Å². The number of halogens is 1. The molecule has 16 heteroatoms. The molecular weight excluding hydrogens is 784 g/mol. The van der Waals surface area contributed by atoms with Crippen molar-refractivity contribution in [2.45, 2.75) is 63.5 Å². The minimum atomic E-state index is -0.630. The van der Waals surface area contributed by atoms with E-state index in [1.54, 1.807) is 35.2 Å². The third kappa shape index (κ3) is 10.4. The van der Waals surface area contributed by atoms with Crippen LogP contribution in [0.4, 0.5) is 27.9 Å². The molecule has 1 unspecified atom stereocenters. The Bertz CT molecular complexity index is 2320. The Kier molecular flexibility index (Phi) is 13.5. The Morgan fingerprint density at radius 3 is 2.50 bits per heavy atom. The maximum atomic E-state index is 12.9. The summed E-state index contributed by atoms with van der Waals surface area (Å²) in [6.07, 6.45) is 6.22. The third-order valence-corrected chi connectivity index (χ3v) is 11.1. The number of nitrogens with two attached hydrogens (primary N) is 1. The van der Waals surface area contributed by atoms with Gasteiger partial charge in [-0.25, -0.2) is 9.78 Å². The summed E-state index contributed by atoms with van der Waals surface area (Å²) >= 11 is 6.34. The number of likely N-dealkylation sites (tertiary alicyclic amines) is 1. The average molecular weight is 831 g/mol. The highest BCUT2D eigenvalue weighted by Crippen LogP contribution is 2.31. The quantitative estimate of drug-likeness (QED) is 0.0559. The van der Waals surface area contributed by atoms with Crippen LogP contribution in [0.1, 0.15) is 88.3 Å². The second kappa shape index (κ2) is 19.5. The molecule has 0 saturated carbocycles. The number of hydrogen-bond donors (Lipinski definition) is 6. The molecule has 15 nitrogen and oxygen atoms in total. The van der Waals surface area contributed by atoms with Crippen molar-refractivity contribution in [1.82, 2.24) is 35.7 Å². The van der Waals surface area contributed by atoms with Gasteiger partial charge in [0.2, 0.25) is 17.8 Å².